The van der Waals surface area contributed by atoms with Gasteiger partial charge in [0.25, 0.3) is 0 Å². The van der Waals surface area contributed by atoms with Crippen molar-refractivity contribution in [2.75, 3.05) is 13.6 Å². The highest BCUT2D eigenvalue weighted by molar-refractivity contribution is 5.81. The fraction of sp³-hybridized carbons (Fsp3) is 0.250. The first-order valence-electron chi connectivity index (χ1n) is 8.57. The van der Waals surface area contributed by atoms with Crippen LogP contribution in [0.4, 0.5) is 4.39 Å². The second-order valence-corrected chi connectivity index (χ2v) is 6.07. The second-order valence-electron chi connectivity index (χ2n) is 6.07. The molecule has 1 aromatic heterocycles. The van der Waals surface area contributed by atoms with E-state index in [1.165, 1.54) is 17.5 Å². The molecule has 0 saturated heterocycles. The van der Waals surface area contributed by atoms with Crippen LogP contribution in [0.2, 0.25) is 0 Å². The molecule has 0 aliphatic carbocycles. The third kappa shape index (κ3) is 4.75. The fourth-order valence-electron chi connectivity index (χ4n) is 2.66. The van der Waals surface area contributed by atoms with Gasteiger partial charge < -0.3 is 20.4 Å². The van der Waals surface area contributed by atoms with Gasteiger partial charge in [-0.15, -0.1) is 0 Å². The number of H-pyrrole nitrogens is 1. The van der Waals surface area contributed by atoms with Gasteiger partial charge in [-0.2, -0.15) is 0 Å². The van der Waals surface area contributed by atoms with Crippen LogP contribution in [0.25, 0.3) is 10.9 Å². The van der Waals surface area contributed by atoms with E-state index >= 15 is 0 Å². The summed E-state index contributed by atoms with van der Waals surface area (Å²) in [6.07, 6.45) is -0.0907. The smallest absolute Gasteiger partial charge is 0.191 e. The monoisotopic (exact) mass is 354 g/mol. The van der Waals surface area contributed by atoms with Crippen LogP contribution < -0.4 is 15.4 Å². The fourth-order valence-corrected chi connectivity index (χ4v) is 2.66. The van der Waals surface area contributed by atoms with Crippen molar-refractivity contribution in [3.05, 3.63) is 66.1 Å². The maximum absolute atomic E-state index is 12.9. The zero-order valence-corrected chi connectivity index (χ0v) is 14.9. The Labute approximate surface area is 152 Å². The molecule has 0 aliphatic heterocycles. The molecule has 0 aliphatic rings. The van der Waals surface area contributed by atoms with Crippen molar-refractivity contribution in [3.63, 3.8) is 0 Å². The molecular formula is C20H23FN4O. The minimum Gasteiger partial charge on any atom is -0.489 e. The van der Waals surface area contributed by atoms with Crippen molar-refractivity contribution in [1.82, 2.24) is 15.6 Å². The van der Waals surface area contributed by atoms with E-state index in [4.69, 9.17) is 4.74 Å². The van der Waals surface area contributed by atoms with Crippen LogP contribution in [0, 0.1) is 5.82 Å². The van der Waals surface area contributed by atoms with E-state index < -0.39 is 0 Å². The molecule has 26 heavy (non-hydrogen) atoms. The van der Waals surface area contributed by atoms with Gasteiger partial charge >= 0.3 is 0 Å². The van der Waals surface area contributed by atoms with E-state index in [1.54, 1.807) is 19.2 Å². The summed E-state index contributed by atoms with van der Waals surface area (Å²) in [7, 11) is 1.73. The molecule has 0 radical (unpaired) electrons. The minimum atomic E-state index is -0.273. The number of aliphatic imine (C=N–C) groups is 1. The van der Waals surface area contributed by atoms with Crippen molar-refractivity contribution in [2.45, 2.75) is 19.6 Å². The maximum Gasteiger partial charge on any atom is 0.191 e. The largest absolute Gasteiger partial charge is 0.489 e. The number of hydrogen-bond donors (Lipinski definition) is 3. The van der Waals surface area contributed by atoms with Gasteiger partial charge in [0.1, 0.15) is 17.7 Å². The van der Waals surface area contributed by atoms with Crippen LogP contribution >= 0.6 is 0 Å². The number of hydrogen-bond acceptors (Lipinski definition) is 2. The van der Waals surface area contributed by atoms with Gasteiger partial charge in [-0.3, -0.25) is 4.99 Å². The standard InChI is InChI=1S/C20H23FN4O/c1-14(26-18-9-7-16(21)8-10-18)12-23-20(22-2)24-13-17-11-15-5-3-4-6-19(15)25-17/h3-11,14,25H,12-13H2,1-2H3,(H2,22,23,24). The van der Waals surface area contributed by atoms with E-state index in [9.17, 15) is 4.39 Å². The van der Waals surface area contributed by atoms with E-state index in [1.807, 2.05) is 19.1 Å². The molecule has 5 nitrogen and oxygen atoms in total. The quantitative estimate of drug-likeness (QED) is 0.469. The van der Waals surface area contributed by atoms with Gasteiger partial charge in [-0.1, -0.05) is 18.2 Å². The first-order chi connectivity index (χ1) is 12.6. The average Bonchev–Trinajstić information content (AvgIpc) is 3.06. The third-order valence-electron chi connectivity index (χ3n) is 3.96. The molecule has 2 aromatic carbocycles. The molecule has 1 unspecified atom stereocenters. The van der Waals surface area contributed by atoms with Crippen LogP contribution in [-0.4, -0.2) is 30.6 Å². The van der Waals surface area contributed by atoms with Crippen LogP contribution in [0.3, 0.4) is 0 Å². The Kier molecular flexibility index (Phi) is 5.73. The summed E-state index contributed by atoms with van der Waals surface area (Å²) in [6, 6.07) is 16.3. The molecule has 0 fully saturated rings. The van der Waals surface area contributed by atoms with Gasteiger partial charge in [0.05, 0.1) is 13.1 Å². The lowest BCUT2D eigenvalue weighted by Crippen LogP contribution is -2.41. The summed E-state index contributed by atoms with van der Waals surface area (Å²) >= 11 is 0. The van der Waals surface area contributed by atoms with Gasteiger partial charge in [0.15, 0.2) is 5.96 Å². The molecule has 0 spiro atoms. The number of guanidine groups is 1. The number of ether oxygens (including phenoxy) is 1. The topological polar surface area (TPSA) is 61.4 Å². The summed E-state index contributed by atoms with van der Waals surface area (Å²) in [4.78, 5) is 7.60. The number of para-hydroxylation sites is 1. The Balaban J connectivity index is 1.47. The Morgan fingerprint density at radius 3 is 2.65 bits per heavy atom. The lowest BCUT2D eigenvalue weighted by atomic mass is 10.2. The molecule has 6 heteroatoms. The van der Waals surface area contributed by atoms with Crippen LogP contribution in [0.5, 0.6) is 5.75 Å². The molecule has 3 N–H and O–H groups in total. The molecule has 3 rings (SSSR count). The highest BCUT2D eigenvalue weighted by atomic mass is 19.1. The van der Waals surface area contributed by atoms with Gasteiger partial charge in [0.2, 0.25) is 0 Å². The second kappa shape index (κ2) is 8.38. The van der Waals surface area contributed by atoms with Gasteiger partial charge in [-0.05, 0) is 48.7 Å². The maximum atomic E-state index is 12.9. The van der Waals surface area contributed by atoms with Crippen molar-refractivity contribution in [1.29, 1.82) is 0 Å². The Hall–Kier alpha value is -3.02. The predicted molar refractivity (Wildman–Crippen MR) is 103 cm³/mol. The van der Waals surface area contributed by atoms with Crippen LogP contribution in [0.1, 0.15) is 12.6 Å². The van der Waals surface area contributed by atoms with E-state index in [0.29, 0.717) is 24.8 Å². The zero-order valence-electron chi connectivity index (χ0n) is 14.9. The molecule has 136 valence electrons. The van der Waals surface area contributed by atoms with Crippen molar-refractivity contribution in [3.8, 4) is 5.75 Å². The average molecular weight is 354 g/mol. The molecule has 3 aromatic rings. The van der Waals surface area contributed by atoms with E-state index in [0.717, 1.165) is 11.2 Å². The lowest BCUT2D eigenvalue weighted by molar-refractivity contribution is 0.223. The zero-order chi connectivity index (χ0) is 18.4. The van der Waals surface area contributed by atoms with Gasteiger partial charge in [-0.25, -0.2) is 4.39 Å². The molecule has 1 heterocycles. The molecule has 0 saturated carbocycles. The van der Waals surface area contributed by atoms with E-state index in [2.05, 4.69) is 38.8 Å². The molecule has 0 amide bonds. The number of aromatic amines is 1. The summed E-state index contributed by atoms with van der Waals surface area (Å²) < 4.78 is 18.7. The summed E-state index contributed by atoms with van der Waals surface area (Å²) in [5, 5.41) is 7.70. The number of fused-ring (bicyclic) bond motifs is 1. The third-order valence-corrected chi connectivity index (χ3v) is 3.96. The Bertz CT molecular complexity index is 840. The number of rotatable bonds is 6. The Morgan fingerprint density at radius 2 is 1.92 bits per heavy atom. The van der Waals surface area contributed by atoms with Crippen LogP contribution in [0.15, 0.2) is 59.6 Å². The number of nitrogens with zero attached hydrogens (tertiary/aromatic N) is 1. The lowest BCUT2D eigenvalue weighted by Gasteiger charge is -2.17. The highest BCUT2D eigenvalue weighted by Crippen LogP contribution is 2.14. The van der Waals surface area contributed by atoms with E-state index in [-0.39, 0.29) is 11.9 Å². The van der Waals surface area contributed by atoms with Crippen molar-refractivity contribution < 1.29 is 9.13 Å². The number of aromatic nitrogens is 1. The Morgan fingerprint density at radius 1 is 1.15 bits per heavy atom. The van der Waals surface area contributed by atoms with Crippen LogP contribution in [-0.2, 0) is 6.54 Å². The van der Waals surface area contributed by atoms with Gasteiger partial charge in [0, 0.05) is 18.3 Å². The summed E-state index contributed by atoms with van der Waals surface area (Å²) in [6.45, 7) is 3.16. The first-order valence-corrected chi connectivity index (χ1v) is 8.57. The summed E-state index contributed by atoms with van der Waals surface area (Å²) in [5.41, 5.74) is 2.21. The normalized spacial score (nSPS) is 12.8. The minimum absolute atomic E-state index is 0.0907. The number of nitrogens with one attached hydrogen (secondary N) is 3. The molecular weight excluding hydrogens is 331 g/mol. The number of benzene rings is 2. The summed E-state index contributed by atoms with van der Waals surface area (Å²) in [5.74, 6) is 1.06. The van der Waals surface area contributed by atoms with Crippen molar-refractivity contribution in [2.24, 2.45) is 4.99 Å². The SMILES string of the molecule is CN=C(NCc1cc2ccccc2[nH]1)NCC(C)Oc1ccc(F)cc1. The highest BCUT2D eigenvalue weighted by Gasteiger charge is 2.07. The van der Waals surface area contributed by atoms with Crippen molar-refractivity contribution >= 4 is 16.9 Å². The molecule has 1 atom stereocenters. The first kappa shape index (κ1) is 17.8. The molecule has 0 bridgehead atoms. The number of halogens is 1. The predicted octanol–water partition coefficient (Wildman–Crippen LogP) is 3.44.